The molecule has 102 valence electrons. The number of nitrogens with zero attached hydrogens (tertiary/aromatic N) is 1. The van der Waals surface area contributed by atoms with Crippen molar-refractivity contribution in [3.63, 3.8) is 0 Å². The molecule has 4 nitrogen and oxygen atoms in total. The van der Waals surface area contributed by atoms with Crippen molar-refractivity contribution in [3.05, 3.63) is 30.3 Å². The molecule has 1 aliphatic carbocycles. The van der Waals surface area contributed by atoms with Gasteiger partial charge < -0.3 is 10.0 Å². The SMILES string of the molecule is CC(C(=O)O)N(C(=O)CSc1ccccc1)C1CC1. The number of aliphatic carboxylic acids is 1. The van der Waals surface area contributed by atoms with Crippen LogP contribution in [0.25, 0.3) is 0 Å². The molecule has 0 radical (unpaired) electrons. The molecular formula is C14H17NO3S. The number of carboxylic acids is 1. The second-order valence-electron chi connectivity index (χ2n) is 4.65. The largest absolute Gasteiger partial charge is 0.480 e. The first-order valence-corrected chi connectivity index (χ1v) is 7.30. The third-order valence-electron chi connectivity index (χ3n) is 3.11. The van der Waals surface area contributed by atoms with Crippen LogP contribution in [-0.4, -0.2) is 39.7 Å². The Bertz CT molecular complexity index is 459. The number of amides is 1. The number of hydrogen-bond donors (Lipinski definition) is 1. The maximum absolute atomic E-state index is 12.2. The maximum atomic E-state index is 12.2. The quantitative estimate of drug-likeness (QED) is 0.811. The number of carboxylic acid groups (broad SMARTS) is 1. The lowest BCUT2D eigenvalue weighted by Gasteiger charge is -2.26. The Hall–Kier alpha value is -1.49. The van der Waals surface area contributed by atoms with E-state index in [2.05, 4.69) is 0 Å². The van der Waals surface area contributed by atoms with Gasteiger partial charge >= 0.3 is 5.97 Å². The fourth-order valence-electron chi connectivity index (χ4n) is 1.94. The standard InChI is InChI=1S/C14H17NO3S/c1-10(14(17)18)15(11-7-8-11)13(16)9-19-12-5-3-2-4-6-12/h2-6,10-11H,7-9H2,1H3,(H,17,18). The van der Waals surface area contributed by atoms with E-state index in [0.29, 0.717) is 0 Å². The zero-order chi connectivity index (χ0) is 13.8. The van der Waals surface area contributed by atoms with Gasteiger partial charge in [-0.25, -0.2) is 4.79 Å². The minimum atomic E-state index is -0.940. The minimum Gasteiger partial charge on any atom is -0.480 e. The van der Waals surface area contributed by atoms with Crippen molar-refractivity contribution in [2.75, 3.05) is 5.75 Å². The van der Waals surface area contributed by atoms with Crippen LogP contribution in [0.5, 0.6) is 0 Å². The van der Waals surface area contributed by atoms with E-state index in [4.69, 9.17) is 5.11 Å². The second kappa shape index (κ2) is 6.10. The summed E-state index contributed by atoms with van der Waals surface area (Å²) in [5.74, 6) is -0.741. The smallest absolute Gasteiger partial charge is 0.326 e. The van der Waals surface area contributed by atoms with E-state index in [-0.39, 0.29) is 17.7 Å². The van der Waals surface area contributed by atoms with Gasteiger partial charge in [-0.15, -0.1) is 11.8 Å². The number of rotatable bonds is 6. The predicted molar refractivity (Wildman–Crippen MR) is 74.1 cm³/mol. The first-order valence-electron chi connectivity index (χ1n) is 6.31. The topological polar surface area (TPSA) is 57.6 Å². The Labute approximate surface area is 116 Å². The van der Waals surface area contributed by atoms with Gasteiger partial charge in [0, 0.05) is 10.9 Å². The van der Waals surface area contributed by atoms with Crippen molar-refractivity contribution in [3.8, 4) is 0 Å². The Balaban J connectivity index is 1.95. The monoisotopic (exact) mass is 279 g/mol. The molecule has 0 saturated heterocycles. The summed E-state index contributed by atoms with van der Waals surface area (Å²) in [6.45, 7) is 1.58. The lowest BCUT2D eigenvalue weighted by atomic mass is 10.2. The molecule has 0 heterocycles. The molecular weight excluding hydrogens is 262 g/mol. The Morgan fingerprint density at radius 3 is 2.53 bits per heavy atom. The molecule has 1 aliphatic rings. The summed E-state index contributed by atoms with van der Waals surface area (Å²) in [6, 6.07) is 9.04. The summed E-state index contributed by atoms with van der Waals surface area (Å²) >= 11 is 1.45. The second-order valence-corrected chi connectivity index (χ2v) is 5.70. The molecule has 1 saturated carbocycles. The van der Waals surface area contributed by atoms with Gasteiger partial charge in [0.2, 0.25) is 5.91 Å². The van der Waals surface area contributed by atoms with Crippen LogP contribution >= 0.6 is 11.8 Å². The summed E-state index contributed by atoms with van der Waals surface area (Å²) in [7, 11) is 0. The normalized spacial score (nSPS) is 15.8. The van der Waals surface area contributed by atoms with Crippen LogP contribution in [0.3, 0.4) is 0 Å². The van der Waals surface area contributed by atoms with E-state index in [1.54, 1.807) is 6.92 Å². The van der Waals surface area contributed by atoms with E-state index < -0.39 is 12.0 Å². The number of carbonyl (C=O) groups is 2. The molecule has 0 spiro atoms. The van der Waals surface area contributed by atoms with Gasteiger partial charge in [0.1, 0.15) is 6.04 Å². The zero-order valence-electron chi connectivity index (χ0n) is 10.8. The molecule has 2 rings (SSSR count). The molecule has 1 aromatic rings. The number of thioether (sulfide) groups is 1. The number of hydrogen-bond acceptors (Lipinski definition) is 3. The summed E-state index contributed by atoms with van der Waals surface area (Å²) < 4.78 is 0. The fraction of sp³-hybridized carbons (Fsp3) is 0.429. The van der Waals surface area contributed by atoms with Crippen LogP contribution in [-0.2, 0) is 9.59 Å². The molecule has 0 aromatic heterocycles. The molecule has 1 amide bonds. The van der Waals surface area contributed by atoms with Gasteiger partial charge in [0.15, 0.2) is 0 Å². The van der Waals surface area contributed by atoms with Gasteiger partial charge in [0.05, 0.1) is 5.75 Å². The van der Waals surface area contributed by atoms with Gasteiger partial charge in [0.25, 0.3) is 0 Å². The molecule has 1 unspecified atom stereocenters. The molecule has 1 fully saturated rings. The van der Waals surface area contributed by atoms with E-state index in [1.165, 1.54) is 16.7 Å². The van der Waals surface area contributed by atoms with Crippen molar-refractivity contribution in [2.45, 2.75) is 36.7 Å². The van der Waals surface area contributed by atoms with Crippen molar-refractivity contribution in [2.24, 2.45) is 0 Å². The van der Waals surface area contributed by atoms with Crippen LogP contribution in [0.15, 0.2) is 35.2 Å². The highest BCUT2D eigenvalue weighted by Gasteiger charge is 2.38. The number of carbonyl (C=O) groups excluding carboxylic acids is 1. The van der Waals surface area contributed by atoms with Gasteiger partial charge in [-0.3, -0.25) is 4.79 Å². The maximum Gasteiger partial charge on any atom is 0.326 e. The van der Waals surface area contributed by atoms with Gasteiger partial charge in [-0.1, -0.05) is 18.2 Å². The zero-order valence-corrected chi connectivity index (χ0v) is 11.6. The summed E-state index contributed by atoms with van der Waals surface area (Å²) in [4.78, 5) is 25.8. The number of benzene rings is 1. The van der Waals surface area contributed by atoms with Gasteiger partial charge in [-0.05, 0) is 31.9 Å². The highest BCUT2D eigenvalue weighted by molar-refractivity contribution is 8.00. The average molecular weight is 279 g/mol. The Kier molecular flexibility index (Phi) is 4.47. The molecule has 19 heavy (non-hydrogen) atoms. The van der Waals surface area contributed by atoms with Crippen LogP contribution < -0.4 is 0 Å². The van der Waals surface area contributed by atoms with Crippen LogP contribution in [0.1, 0.15) is 19.8 Å². The molecule has 0 bridgehead atoms. The Morgan fingerprint density at radius 2 is 2.00 bits per heavy atom. The summed E-state index contributed by atoms with van der Waals surface area (Å²) in [6.07, 6.45) is 1.83. The molecule has 1 aromatic carbocycles. The molecule has 1 N–H and O–H groups in total. The lowest BCUT2D eigenvalue weighted by molar-refractivity contribution is -0.148. The lowest BCUT2D eigenvalue weighted by Crippen LogP contribution is -2.45. The van der Waals surface area contributed by atoms with Crippen LogP contribution in [0, 0.1) is 0 Å². The van der Waals surface area contributed by atoms with E-state index in [0.717, 1.165) is 17.7 Å². The third kappa shape index (κ3) is 3.73. The highest BCUT2D eigenvalue weighted by Crippen LogP contribution is 2.30. The molecule has 1 atom stereocenters. The average Bonchev–Trinajstić information content (AvgIpc) is 3.22. The summed E-state index contributed by atoms with van der Waals surface area (Å²) in [5, 5.41) is 9.06. The highest BCUT2D eigenvalue weighted by atomic mass is 32.2. The van der Waals surface area contributed by atoms with Crippen molar-refractivity contribution in [1.29, 1.82) is 0 Å². The first-order chi connectivity index (χ1) is 9.09. The van der Waals surface area contributed by atoms with Gasteiger partial charge in [-0.2, -0.15) is 0 Å². The van der Waals surface area contributed by atoms with Crippen molar-refractivity contribution >= 4 is 23.6 Å². The van der Waals surface area contributed by atoms with Crippen molar-refractivity contribution in [1.82, 2.24) is 4.90 Å². The van der Waals surface area contributed by atoms with Crippen LogP contribution in [0.4, 0.5) is 0 Å². The third-order valence-corrected chi connectivity index (χ3v) is 4.11. The van der Waals surface area contributed by atoms with Crippen molar-refractivity contribution < 1.29 is 14.7 Å². The van der Waals surface area contributed by atoms with E-state index >= 15 is 0 Å². The van der Waals surface area contributed by atoms with Crippen LogP contribution in [0.2, 0.25) is 0 Å². The fourth-order valence-corrected chi connectivity index (χ4v) is 2.73. The molecule has 0 aliphatic heterocycles. The predicted octanol–water partition coefficient (Wildman–Crippen LogP) is 2.24. The van der Waals surface area contributed by atoms with E-state index in [9.17, 15) is 9.59 Å². The Morgan fingerprint density at radius 1 is 1.37 bits per heavy atom. The summed E-state index contributed by atoms with van der Waals surface area (Å²) in [5.41, 5.74) is 0. The first kappa shape index (κ1) is 13.9. The minimum absolute atomic E-state index is 0.0914. The molecule has 5 heteroatoms. The van der Waals surface area contributed by atoms with E-state index in [1.807, 2.05) is 30.3 Å².